The fraction of sp³-hybridized carbons (Fsp3) is 0.227. The van der Waals surface area contributed by atoms with E-state index in [1.165, 1.54) is 0 Å². The molecule has 3 aromatic rings. The fourth-order valence-electron chi connectivity index (χ4n) is 3.30. The Labute approximate surface area is 163 Å². The van der Waals surface area contributed by atoms with E-state index in [0.717, 1.165) is 28.9 Å². The van der Waals surface area contributed by atoms with Gasteiger partial charge in [-0.3, -0.25) is 0 Å². The molecule has 0 radical (unpaired) electrons. The Kier molecular flexibility index (Phi) is 4.58. The lowest BCUT2D eigenvalue weighted by molar-refractivity contribution is 0.241. The lowest BCUT2D eigenvalue weighted by Gasteiger charge is -2.11. The zero-order valence-electron chi connectivity index (χ0n) is 15.9. The van der Waals surface area contributed by atoms with E-state index in [-0.39, 0.29) is 6.10 Å². The summed E-state index contributed by atoms with van der Waals surface area (Å²) in [5, 5.41) is 13.6. The summed E-state index contributed by atoms with van der Waals surface area (Å²) in [6.45, 7) is 3.84. The van der Waals surface area contributed by atoms with E-state index in [9.17, 15) is 5.26 Å². The Bertz CT molecular complexity index is 1110. The summed E-state index contributed by atoms with van der Waals surface area (Å²) < 4.78 is 16.6. The minimum Gasteiger partial charge on any atom is -0.496 e. The lowest BCUT2D eigenvalue weighted by Crippen LogP contribution is -2.06. The summed E-state index contributed by atoms with van der Waals surface area (Å²) in [5.74, 6) is 2.27. The summed E-state index contributed by atoms with van der Waals surface area (Å²) in [7, 11) is 1.67. The van der Waals surface area contributed by atoms with Crippen LogP contribution >= 0.6 is 0 Å². The molecule has 1 heterocycles. The molecular formula is C22H19N3O3. The highest BCUT2D eigenvalue weighted by Crippen LogP contribution is 2.35. The van der Waals surface area contributed by atoms with Crippen LogP contribution < -0.4 is 4.74 Å². The van der Waals surface area contributed by atoms with Gasteiger partial charge in [0.1, 0.15) is 17.6 Å². The lowest BCUT2D eigenvalue weighted by atomic mass is 10.0. The van der Waals surface area contributed by atoms with Crippen LogP contribution in [0.1, 0.15) is 30.5 Å². The van der Waals surface area contributed by atoms with Gasteiger partial charge < -0.3 is 14.0 Å². The SMILES string of the molecule is COC1=CCc2c1cccc2-c1noc(-c2ccc(OC(C)C)c(C#N)c2)n1. The molecule has 0 fully saturated rings. The van der Waals surface area contributed by atoms with E-state index in [1.807, 2.05) is 44.2 Å². The molecule has 0 N–H and O–H groups in total. The molecule has 0 unspecified atom stereocenters. The van der Waals surface area contributed by atoms with E-state index in [2.05, 4.69) is 16.2 Å². The number of hydrogen-bond acceptors (Lipinski definition) is 6. The Morgan fingerprint density at radius 2 is 2.00 bits per heavy atom. The van der Waals surface area contributed by atoms with Gasteiger partial charge in [-0.1, -0.05) is 23.4 Å². The Morgan fingerprint density at radius 3 is 2.75 bits per heavy atom. The second-order valence-corrected chi connectivity index (χ2v) is 6.72. The van der Waals surface area contributed by atoms with Crippen LogP contribution in [0.25, 0.3) is 28.6 Å². The van der Waals surface area contributed by atoms with Gasteiger partial charge >= 0.3 is 0 Å². The van der Waals surface area contributed by atoms with Gasteiger partial charge in [-0.25, -0.2) is 0 Å². The third-order valence-electron chi connectivity index (χ3n) is 4.53. The highest BCUT2D eigenvalue weighted by Gasteiger charge is 2.21. The quantitative estimate of drug-likeness (QED) is 0.650. The molecule has 0 atom stereocenters. The molecule has 0 spiro atoms. The number of benzene rings is 2. The third kappa shape index (κ3) is 3.12. The molecule has 1 aliphatic carbocycles. The molecule has 0 saturated carbocycles. The van der Waals surface area contributed by atoms with E-state index in [1.54, 1.807) is 19.2 Å². The van der Waals surface area contributed by atoms with Crippen LogP contribution in [0.2, 0.25) is 0 Å². The summed E-state index contributed by atoms with van der Waals surface area (Å²) in [4.78, 5) is 4.55. The average molecular weight is 373 g/mol. The maximum absolute atomic E-state index is 9.43. The van der Waals surface area contributed by atoms with Gasteiger partial charge in [0.2, 0.25) is 5.82 Å². The first-order chi connectivity index (χ1) is 13.6. The van der Waals surface area contributed by atoms with Crippen LogP contribution in [-0.4, -0.2) is 23.4 Å². The number of fused-ring (bicyclic) bond motifs is 1. The molecule has 6 heteroatoms. The van der Waals surface area contributed by atoms with Crippen molar-refractivity contribution in [1.82, 2.24) is 10.1 Å². The molecule has 0 saturated heterocycles. The van der Waals surface area contributed by atoms with Gasteiger partial charge in [0.15, 0.2) is 0 Å². The standard InChI is InChI=1S/C22H19N3O3/c1-13(2)27-19-9-7-14(11-15(19)12-23)22-24-21(25-28-22)18-6-4-5-17-16(18)8-10-20(17)26-3/h4-7,9-11,13H,8H2,1-3H3. The first-order valence-corrected chi connectivity index (χ1v) is 9.02. The van der Waals surface area contributed by atoms with E-state index in [0.29, 0.717) is 28.6 Å². The van der Waals surface area contributed by atoms with Gasteiger partial charge in [-0.15, -0.1) is 0 Å². The van der Waals surface area contributed by atoms with Crippen LogP contribution in [-0.2, 0) is 11.2 Å². The van der Waals surface area contributed by atoms with Gasteiger partial charge in [0, 0.05) is 16.7 Å². The Morgan fingerprint density at radius 1 is 1.18 bits per heavy atom. The van der Waals surface area contributed by atoms with Crippen molar-refractivity contribution in [3.05, 3.63) is 59.2 Å². The van der Waals surface area contributed by atoms with Crippen LogP contribution in [0, 0.1) is 11.3 Å². The number of nitriles is 1. The number of rotatable bonds is 5. The molecule has 28 heavy (non-hydrogen) atoms. The number of methoxy groups -OCH3 is 1. The van der Waals surface area contributed by atoms with Crippen molar-refractivity contribution in [2.24, 2.45) is 0 Å². The zero-order chi connectivity index (χ0) is 19.7. The number of nitrogens with zero attached hydrogens (tertiary/aromatic N) is 3. The highest BCUT2D eigenvalue weighted by atomic mass is 16.5. The maximum Gasteiger partial charge on any atom is 0.258 e. The van der Waals surface area contributed by atoms with Gasteiger partial charge in [-0.2, -0.15) is 10.2 Å². The van der Waals surface area contributed by atoms with Crippen LogP contribution in [0.3, 0.4) is 0 Å². The molecule has 0 amide bonds. The van der Waals surface area contributed by atoms with Crippen molar-refractivity contribution in [3.63, 3.8) is 0 Å². The summed E-state index contributed by atoms with van der Waals surface area (Å²) >= 11 is 0. The van der Waals surface area contributed by atoms with E-state index >= 15 is 0 Å². The summed E-state index contributed by atoms with van der Waals surface area (Å²) in [5.41, 5.74) is 4.18. The summed E-state index contributed by atoms with van der Waals surface area (Å²) in [6, 6.07) is 13.4. The Hall–Kier alpha value is -3.59. The second kappa shape index (κ2) is 7.20. The van der Waals surface area contributed by atoms with E-state index in [4.69, 9.17) is 14.0 Å². The first-order valence-electron chi connectivity index (χ1n) is 9.02. The predicted octanol–water partition coefficient (Wildman–Crippen LogP) is 4.61. The maximum atomic E-state index is 9.43. The first kappa shape index (κ1) is 17.8. The number of hydrogen-bond donors (Lipinski definition) is 0. The van der Waals surface area contributed by atoms with Gasteiger partial charge in [0.05, 0.1) is 18.8 Å². The molecule has 1 aromatic heterocycles. The molecule has 6 nitrogen and oxygen atoms in total. The molecule has 0 aliphatic heterocycles. The number of ether oxygens (including phenoxy) is 2. The largest absolute Gasteiger partial charge is 0.496 e. The normalized spacial score (nSPS) is 12.5. The molecule has 140 valence electrons. The minimum absolute atomic E-state index is 0.0151. The molecule has 2 aromatic carbocycles. The minimum atomic E-state index is -0.0151. The monoisotopic (exact) mass is 373 g/mol. The number of allylic oxidation sites excluding steroid dienone is 1. The van der Waals surface area contributed by atoms with Crippen molar-refractivity contribution >= 4 is 5.76 Å². The van der Waals surface area contributed by atoms with Gasteiger partial charge in [-0.05, 0) is 50.1 Å². The van der Waals surface area contributed by atoms with Crippen LogP contribution in [0.4, 0.5) is 0 Å². The second-order valence-electron chi connectivity index (χ2n) is 6.72. The van der Waals surface area contributed by atoms with Gasteiger partial charge in [0.25, 0.3) is 5.89 Å². The third-order valence-corrected chi connectivity index (χ3v) is 4.53. The van der Waals surface area contributed by atoms with Crippen molar-refractivity contribution in [1.29, 1.82) is 5.26 Å². The highest BCUT2D eigenvalue weighted by molar-refractivity contribution is 5.77. The fourth-order valence-corrected chi connectivity index (χ4v) is 3.30. The molecule has 4 rings (SSSR count). The molecular weight excluding hydrogens is 354 g/mol. The van der Waals surface area contributed by atoms with Crippen molar-refractivity contribution in [2.45, 2.75) is 26.4 Å². The van der Waals surface area contributed by atoms with E-state index < -0.39 is 0 Å². The molecule has 0 bridgehead atoms. The predicted molar refractivity (Wildman–Crippen MR) is 104 cm³/mol. The topological polar surface area (TPSA) is 81.2 Å². The summed E-state index contributed by atoms with van der Waals surface area (Å²) in [6.07, 6.45) is 2.79. The van der Waals surface area contributed by atoms with Crippen LogP contribution in [0.15, 0.2) is 47.0 Å². The zero-order valence-corrected chi connectivity index (χ0v) is 15.9. The molecule has 1 aliphatic rings. The smallest absolute Gasteiger partial charge is 0.258 e. The van der Waals surface area contributed by atoms with Crippen molar-refractivity contribution < 1.29 is 14.0 Å². The Balaban J connectivity index is 1.69. The van der Waals surface area contributed by atoms with Crippen molar-refractivity contribution in [3.8, 4) is 34.7 Å². The number of aromatic nitrogens is 2. The van der Waals surface area contributed by atoms with Crippen molar-refractivity contribution in [2.75, 3.05) is 7.11 Å². The average Bonchev–Trinajstić information content (AvgIpc) is 3.34. The van der Waals surface area contributed by atoms with Crippen LogP contribution in [0.5, 0.6) is 5.75 Å².